The van der Waals surface area contributed by atoms with Crippen molar-refractivity contribution in [2.75, 3.05) is 14.2 Å². The van der Waals surface area contributed by atoms with Gasteiger partial charge in [0.2, 0.25) is 0 Å². The molecule has 0 spiro atoms. The standard InChI is InChI=1S/C15H18N2O3/c1-18-14-7-8-17-13(15(14)19-2)10-20-12-5-3-11(9-16)4-6-12/h3-8H,9-10,16H2,1-2H3. The quantitative estimate of drug-likeness (QED) is 0.874. The fraction of sp³-hybridized carbons (Fsp3) is 0.267. The van der Waals surface area contributed by atoms with Gasteiger partial charge in [0.05, 0.1) is 14.2 Å². The minimum absolute atomic E-state index is 0.308. The van der Waals surface area contributed by atoms with E-state index < -0.39 is 0 Å². The van der Waals surface area contributed by atoms with E-state index in [1.807, 2.05) is 24.3 Å². The molecule has 0 unspecified atom stereocenters. The first-order valence-electron chi connectivity index (χ1n) is 6.26. The van der Waals surface area contributed by atoms with Gasteiger partial charge in [0.1, 0.15) is 18.1 Å². The summed E-state index contributed by atoms with van der Waals surface area (Å²) in [6.45, 7) is 0.827. The number of hydrogen-bond donors (Lipinski definition) is 1. The van der Waals surface area contributed by atoms with Crippen LogP contribution < -0.4 is 19.9 Å². The molecule has 0 amide bonds. The van der Waals surface area contributed by atoms with Crippen molar-refractivity contribution >= 4 is 0 Å². The van der Waals surface area contributed by atoms with E-state index in [2.05, 4.69) is 4.98 Å². The van der Waals surface area contributed by atoms with E-state index in [1.165, 1.54) is 0 Å². The summed E-state index contributed by atoms with van der Waals surface area (Å²) in [5.41, 5.74) is 7.31. The normalized spacial score (nSPS) is 10.2. The number of ether oxygens (including phenoxy) is 3. The number of nitrogens with zero attached hydrogens (tertiary/aromatic N) is 1. The zero-order chi connectivity index (χ0) is 14.4. The topological polar surface area (TPSA) is 66.6 Å². The van der Waals surface area contributed by atoms with E-state index in [9.17, 15) is 0 Å². The van der Waals surface area contributed by atoms with Crippen molar-refractivity contribution in [1.82, 2.24) is 4.98 Å². The summed E-state index contributed by atoms with van der Waals surface area (Å²) in [5.74, 6) is 1.99. The van der Waals surface area contributed by atoms with Gasteiger partial charge in [0, 0.05) is 18.8 Å². The number of aromatic nitrogens is 1. The van der Waals surface area contributed by atoms with Crippen molar-refractivity contribution in [2.24, 2.45) is 5.73 Å². The summed E-state index contributed by atoms with van der Waals surface area (Å²) in [6.07, 6.45) is 1.66. The maximum absolute atomic E-state index is 5.69. The lowest BCUT2D eigenvalue weighted by Crippen LogP contribution is -2.03. The lowest BCUT2D eigenvalue weighted by atomic mass is 10.2. The van der Waals surface area contributed by atoms with Crippen LogP contribution in [0.25, 0.3) is 0 Å². The van der Waals surface area contributed by atoms with Crippen molar-refractivity contribution < 1.29 is 14.2 Å². The Balaban J connectivity index is 2.10. The predicted octanol–water partition coefficient (Wildman–Crippen LogP) is 2.14. The highest BCUT2D eigenvalue weighted by Gasteiger charge is 2.11. The highest BCUT2D eigenvalue weighted by atomic mass is 16.5. The van der Waals surface area contributed by atoms with E-state index in [4.69, 9.17) is 19.9 Å². The van der Waals surface area contributed by atoms with Gasteiger partial charge < -0.3 is 19.9 Å². The van der Waals surface area contributed by atoms with Crippen LogP contribution in [0.4, 0.5) is 0 Å². The summed E-state index contributed by atoms with van der Waals surface area (Å²) in [7, 11) is 3.17. The molecule has 0 saturated carbocycles. The summed E-state index contributed by atoms with van der Waals surface area (Å²) < 4.78 is 16.2. The fourth-order valence-corrected chi connectivity index (χ4v) is 1.83. The third-order valence-corrected chi connectivity index (χ3v) is 2.90. The predicted molar refractivity (Wildman–Crippen MR) is 76.0 cm³/mol. The second-order valence-electron chi connectivity index (χ2n) is 4.13. The average Bonchev–Trinajstić information content (AvgIpc) is 2.52. The Morgan fingerprint density at radius 3 is 2.40 bits per heavy atom. The van der Waals surface area contributed by atoms with Crippen LogP contribution >= 0.6 is 0 Å². The van der Waals surface area contributed by atoms with E-state index in [1.54, 1.807) is 26.5 Å². The monoisotopic (exact) mass is 274 g/mol. The van der Waals surface area contributed by atoms with Crippen LogP contribution in [0.3, 0.4) is 0 Å². The van der Waals surface area contributed by atoms with Crippen molar-refractivity contribution in [3.8, 4) is 17.2 Å². The van der Waals surface area contributed by atoms with Crippen LogP contribution in [0.2, 0.25) is 0 Å². The van der Waals surface area contributed by atoms with Crippen LogP contribution in [-0.2, 0) is 13.2 Å². The fourth-order valence-electron chi connectivity index (χ4n) is 1.83. The number of benzene rings is 1. The highest BCUT2D eigenvalue weighted by Crippen LogP contribution is 2.29. The van der Waals surface area contributed by atoms with Gasteiger partial charge in [-0.25, -0.2) is 0 Å². The lowest BCUT2D eigenvalue weighted by Gasteiger charge is -2.12. The zero-order valence-corrected chi connectivity index (χ0v) is 11.6. The molecule has 20 heavy (non-hydrogen) atoms. The summed E-state index contributed by atoms with van der Waals surface area (Å²) in [4.78, 5) is 4.26. The molecule has 1 aromatic heterocycles. The Labute approximate surface area is 118 Å². The molecule has 2 N–H and O–H groups in total. The van der Waals surface area contributed by atoms with E-state index >= 15 is 0 Å². The van der Waals surface area contributed by atoms with Crippen LogP contribution in [0, 0.1) is 0 Å². The van der Waals surface area contributed by atoms with Gasteiger partial charge in [-0.1, -0.05) is 12.1 Å². The van der Waals surface area contributed by atoms with E-state index in [-0.39, 0.29) is 0 Å². The molecule has 2 rings (SSSR count). The Hall–Kier alpha value is -2.27. The van der Waals surface area contributed by atoms with Gasteiger partial charge in [-0.05, 0) is 17.7 Å². The summed E-state index contributed by atoms with van der Waals surface area (Å²) >= 11 is 0. The molecule has 0 radical (unpaired) electrons. The molecule has 0 aliphatic rings. The SMILES string of the molecule is COc1ccnc(COc2ccc(CN)cc2)c1OC. The van der Waals surface area contributed by atoms with Crippen molar-refractivity contribution in [2.45, 2.75) is 13.2 Å². The molecular formula is C15H18N2O3. The molecule has 0 saturated heterocycles. The molecule has 0 atom stereocenters. The molecule has 0 fully saturated rings. The van der Waals surface area contributed by atoms with Gasteiger partial charge >= 0.3 is 0 Å². The molecule has 5 heteroatoms. The second-order valence-corrected chi connectivity index (χ2v) is 4.13. The maximum atomic E-state index is 5.69. The second kappa shape index (κ2) is 6.77. The molecule has 0 aliphatic heterocycles. The number of rotatable bonds is 6. The lowest BCUT2D eigenvalue weighted by molar-refractivity contribution is 0.284. The minimum atomic E-state index is 0.308. The number of methoxy groups -OCH3 is 2. The highest BCUT2D eigenvalue weighted by molar-refractivity contribution is 5.42. The van der Waals surface area contributed by atoms with Crippen LogP contribution in [0.5, 0.6) is 17.2 Å². The third kappa shape index (κ3) is 3.19. The average molecular weight is 274 g/mol. The van der Waals surface area contributed by atoms with Gasteiger partial charge in [0.25, 0.3) is 0 Å². The van der Waals surface area contributed by atoms with Crippen LogP contribution in [0.15, 0.2) is 36.5 Å². The first-order chi connectivity index (χ1) is 9.78. The Bertz CT molecular complexity index is 556. The number of hydrogen-bond acceptors (Lipinski definition) is 5. The van der Waals surface area contributed by atoms with Gasteiger partial charge in [0.15, 0.2) is 11.5 Å². The van der Waals surface area contributed by atoms with E-state index in [0.717, 1.165) is 11.3 Å². The zero-order valence-electron chi connectivity index (χ0n) is 11.6. The Morgan fingerprint density at radius 2 is 1.80 bits per heavy atom. The molecule has 106 valence electrons. The molecule has 1 heterocycles. The number of nitrogens with two attached hydrogens (primary N) is 1. The van der Waals surface area contributed by atoms with Crippen LogP contribution in [0.1, 0.15) is 11.3 Å². The largest absolute Gasteiger partial charge is 0.493 e. The minimum Gasteiger partial charge on any atom is -0.493 e. The van der Waals surface area contributed by atoms with Crippen LogP contribution in [-0.4, -0.2) is 19.2 Å². The molecule has 1 aromatic carbocycles. The first-order valence-corrected chi connectivity index (χ1v) is 6.26. The smallest absolute Gasteiger partial charge is 0.185 e. The molecule has 2 aromatic rings. The van der Waals surface area contributed by atoms with Crippen molar-refractivity contribution in [3.05, 3.63) is 47.8 Å². The summed E-state index contributed by atoms with van der Waals surface area (Å²) in [6, 6.07) is 9.39. The Morgan fingerprint density at radius 1 is 1.05 bits per heavy atom. The van der Waals surface area contributed by atoms with Crippen molar-refractivity contribution in [1.29, 1.82) is 0 Å². The van der Waals surface area contributed by atoms with Gasteiger partial charge in [-0.3, -0.25) is 4.98 Å². The van der Waals surface area contributed by atoms with Crippen molar-refractivity contribution in [3.63, 3.8) is 0 Å². The van der Waals surface area contributed by atoms with Gasteiger partial charge in [-0.2, -0.15) is 0 Å². The van der Waals surface area contributed by atoms with E-state index in [0.29, 0.717) is 30.3 Å². The number of pyridine rings is 1. The molecule has 0 bridgehead atoms. The molecule has 5 nitrogen and oxygen atoms in total. The first kappa shape index (κ1) is 14.1. The Kier molecular flexibility index (Phi) is 4.79. The molecule has 0 aliphatic carbocycles. The molecular weight excluding hydrogens is 256 g/mol. The summed E-state index contributed by atoms with van der Waals surface area (Å²) in [5, 5.41) is 0. The maximum Gasteiger partial charge on any atom is 0.185 e. The van der Waals surface area contributed by atoms with Gasteiger partial charge in [-0.15, -0.1) is 0 Å². The third-order valence-electron chi connectivity index (χ3n) is 2.90.